The van der Waals surface area contributed by atoms with Crippen LogP contribution in [0.3, 0.4) is 0 Å². The first-order valence-electron chi connectivity index (χ1n) is 7.01. The summed E-state index contributed by atoms with van der Waals surface area (Å²) in [6.07, 6.45) is 3.40. The van der Waals surface area contributed by atoms with Crippen LogP contribution in [0.15, 0.2) is 67.2 Å². The van der Waals surface area contributed by atoms with Crippen LogP contribution in [0.5, 0.6) is 0 Å². The summed E-state index contributed by atoms with van der Waals surface area (Å²) in [5.41, 5.74) is 2.55. The van der Waals surface area contributed by atoms with Crippen molar-refractivity contribution in [2.75, 3.05) is 25.0 Å². The standard InChI is InChI=1S/C18H20N2.Ce/c1-3-18-19(16-10-6-4-7-11-16)14-15-20(18,2)17-12-8-5-9-13-17;/h4-13,18H,1,14-15H2,2H3;. The Morgan fingerprint density at radius 3 is 2.19 bits per heavy atom. The summed E-state index contributed by atoms with van der Waals surface area (Å²) < 4.78 is 0.833. The molecular formula is C18H20CeN2. The quantitative estimate of drug-likeness (QED) is 0.560. The maximum Gasteiger partial charge on any atom is 0.132 e. The van der Waals surface area contributed by atoms with Gasteiger partial charge >= 0.3 is 0 Å². The first-order chi connectivity index (χ1) is 9.75. The van der Waals surface area contributed by atoms with Crippen molar-refractivity contribution < 1.29 is 41.7 Å². The second-order valence-corrected chi connectivity index (χ2v) is 5.43. The number of nitrogens with zero attached hydrogens (tertiary/aromatic N) is 2. The van der Waals surface area contributed by atoms with Gasteiger partial charge in [0.05, 0.1) is 13.6 Å². The molecule has 2 nitrogen and oxygen atoms in total. The van der Waals surface area contributed by atoms with Gasteiger partial charge in [0.1, 0.15) is 12.2 Å². The number of rotatable bonds is 3. The molecule has 3 heteroatoms. The molecule has 1 heterocycles. The smallest absolute Gasteiger partial charge is 0.132 e. The molecule has 0 aliphatic carbocycles. The minimum atomic E-state index is 0. The van der Waals surface area contributed by atoms with E-state index in [2.05, 4.69) is 85.3 Å². The molecule has 2 aromatic carbocycles. The molecular weight excluding hydrogens is 384 g/mol. The van der Waals surface area contributed by atoms with Crippen molar-refractivity contribution in [3.8, 4) is 0 Å². The molecule has 0 aromatic heterocycles. The van der Waals surface area contributed by atoms with E-state index in [0.717, 1.165) is 17.6 Å². The molecule has 3 rings (SSSR count). The van der Waals surface area contributed by atoms with Crippen LogP contribution in [0.4, 0.5) is 11.4 Å². The molecule has 1 saturated heterocycles. The van der Waals surface area contributed by atoms with Crippen LogP contribution in [-0.2, 0) is 0 Å². The fourth-order valence-electron chi connectivity index (χ4n) is 3.11. The number of quaternary nitrogens is 1. The number of anilines is 1. The van der Waals surface area contributed by atoms with Gasteiger partial charge in [-0.1, -0.05) is 36.4 Å². The Kier molecular flexibility index (Phi) is 5.60. The predicted molar refractivity (Wildman–Crippen MR) is 85.5 cm³/mol. The van der Waals surface area contributed by atoms with E-state index in [4.69, 9.17) is 0 Å². The van der Waals surface area contributed by atoms with Gasteiger partial charge in [-0.05, 0) is 24.3 Å². The topological polar surface area (TPSA) is 3.24 Å². The zero-order valence-corrected chi connectivity index (χ0v) is 15.5. The van der Waals surface area contributed by atoms with Gasteiger partial charge in [0.15, 0.2) is 0 Å². The van der Waals surface area contributed by atoms with E-state index in [1.54, 1.807) is 0 Å². The van der Waals surface area contributed by atoms with Gasteiger partial charge in [-0.3, -0.25) is 11.1 Å². The van der Waals surface area contributed by atoms with Gasteiger partial charge in [0.25, 0.3) is 0 Å². The van der Waals surface area contributed by atoms with E-state index in [1.165, 1.54) is 11.4 Å². The average molecular weight is 404 g/mol. The monoisotopic (exact) mass is 404 g/mol. The fraction of sp³-hybridized carbons (Fsp3) is 0.222. The third kappa shape index (κ3) is 3.09. The van der Waals surface area contributed by atoms with Crippen LogP contribution in [-0.4, -0.2) is 26.3 Å². The Balaban J connectivity index is 0.00000161. The number of hydrogen-bond donors (Lipinski definition) is 0. The summed E-state index contributed by atoms with van der Waals surface area (Å²) >= 11 is 0. The molecule has 0 N–H and O–H groups in total. The molecule has 1 aliphatic heterocycles. The summed E-state index contributed by atoms with van der Waals surface area (Å²) in [5, 5.41) is 0. The molecule has 2 unspecified atom stereocenters. The summed E-state index contributed by atoms with van der Waals surface area (Å²) in [7, 11) is 2.26. The van der Waals surface area contributed by atoms with E-state index in [-0.39, 0.29) is 47.9 Å². The van der Waals surface area contributed by atoms with Crippen LogP contribution in [0, 0.1) is 47.8 Å². The van der Waals surface area contributed by atoms with Crippen LogP contribution >= 0.6 is 0 Å². The first-order valence-corrected chi connectivity index (χ1v) is 7.01. The summed E-state index contributed by atoms with van der Waals surface area (Å²) in [6, 6.07) is 21.2. The Labute approximate surface area is 161 Å². The molecule has 0 spiro atoms. The summed E-state index contributed by atoms with van der Waals surface area (Å²) in [4.78, 5) is 2.39. The Morgan fingerprint density at radius 1 is 1.05 bits per heavy atom. The molecule has 0 saturated carbocycles. The molecule has 21 heavy (non-hydrogen) atoms. The predicted octanol–water partition coefficient (Wildman–Crippen LogP) is 3.46. The largest absolute Gasteiger partial charge is 0.420 e. The molecule has 1 aliphatic rings. The van der Waals surface area contributed by atoms with Crippen LogP contribution in [0.1, 0.15) is 0 Å². The van der Waals surface area contributed by atoms with Crippen LogP contribution in [0.2, 0.25) is 0 Å². The van der Waals surface area contributed by atoms with Gasteiger partial charge in [-0.2, -0.15) is 0 Å². The maximum absolute atomic E-state index is 3.96. The molecule has 1 fully saturated rings. The molecule has 0 amide bonds. The Hall–Kier alpha value is -0.683. The average Bonchev–Trinajstić information content (AvgIpc) is 2.87. The number of likely N-dealkylation sites (N-methyl/N-ethyl adjacent to an activating group) is 1. The van der Waals surface area contributed by atoms with Crippen LogP contribution in [0.25, 0.3) is 0 Å². The molecule has 0 bridgehead atoms. The van der Waals surface area contributed by atoms with Crippen molar-refractivity contribution in [2.45, 2.75) is 6.17 Å². The maximum atomic E-state index is 3.96. The number of benzene rings is 2. The van der Waals surface area contributed by atoms with Crippen molar-refractivity contribution in [1.82, 2.24) is 4.48 Å². The zero-order valence-electron chi connectivity index (χ0n) is 12.4. The molecule has 2 aromatic rings. The molecule has 106 valence electrons. The Bertz CT molecular complexity index is 585. The Morgan fingerprint density at radius 2 is 1.62 bits per heavy atom. The molecule has 0 radical (unpaired) electrons. The number of hydrogen-bond acceptors (Lipinski definition) is 1. The first kappa shape index (κ1) is 16.7. The van der Waals surface area contributed by atoms with Crippen LogP contribution < -0.4 is 9.38 Å². The minimum Gasteiger partial charge on any atom is -0.420 e. The minimum absolute atomic E-state index is 0. The van der Waals surface area contributed by atoms with Gasteiger partial charge in [0.2, 0.25) is 0 Å². The third-order valence-corrected chi connectivity index (χ3v) is 4.26. The van der Waals surface area contributed by atoms with Crippen molar-refractivity contribution in [3.63, 3.8) is 0 Å². The van der Waals surface area contributed by atoms with E-state index in [0.29, 0.717) is 0 Å². The summed E-state index contributed by atoms with van der Waals surface area (Å²) in [6.45, 7) is 6.04. The van der Waals surface area contributed by atoms with Crippen molar-refractivity contribution in [3.05, 3.63) is 73.3 Å². The van der Waals surface area contributed by atoms with Gasteiger partial charge in [0, 0.05) is 53.6 Å². The second kappa shape index (κ2) is 7.05. The normalized spacial score (nSPS) is 24.4. The van der Waals surface area contributed by atoms with E-state index in [9.17, 15) is 0 Å². The SMILES string of the molecule is C=[C-]C1N(c2ccccc2)CC[N+]1(C)c1ccccc1.[Ce]. The van der Waals surface area contributed by atoms with Gasteiger partial charge < -0.3 is 11.0 Å². The third-order valence-electron chi connectivity index (χ3n) is 4.26. The van der Waals surface area contributed by atoms with Gasteiger partial charge in [-0.15, -0.1) is 0 Å². The van der Waals surface area contributed by atoms with E-state index >= 15 is 0 Å². The van der Waals surface area contributed by atoms with Crippen molar-refractivity contribution >= 4 is 11.4 Å². The molecule has 2 atom stereocenters. The zero-order chi connectivity index (χ0) is 14.0. The summed E-state index contributed by atoms with van der Waals surface area (Å²) in [5.74, 6) is 0. The van der Waals surface area contributed by atoms with Crippen molar-refractivity contribution in [1.29, 1.82) is 0 Å². The van der Waals surface area contributed by atoms with E-state index in [1.807, 2.05) is 0 Å². The van der Waals surface area contributed by atoms with Crippen molar-refractivity contribution in [2.24, 2.45) is 0 Å². The number of para-hydroxylation sites is 2. The fourth-order valence-corrected chi connectivity index (χ4v) is 3.11. The van der Waals surface area contributed by atoms with E-state index < -0.39 is 0 Å². The van der Waals surface area contributed by atoms with Gasteiger partial charge in [-0.25, -0.2) is 0 Å². The second-order valence-electron chi connectivity index (χ2n) is 5.43.